The third kappa shape index (κ3) is 5.17. The van der Waals surface area contributed by atoms with E-state index < -0.39 is 0 Å². The van der Waals surface area contributed by atoms with Gasteiger partial charge in [-0.1, -0.05) is 12.1 Å². The Morgan fingerprint density at radius 2 is 1.67 bits per heavy atom. The lowest BCUT2D eigenvalue weighted by atomic mass is 10.1. The van der Waals surface area contributed by atoms with Crippen LogP contribution in [-0.2, 0) is 17.9 Å². The van der Waals surface area contributed by atoms with Crippen LogP contribution in [0.1, 0.15) is 44.6 Å². The van der Waals surface area contributed by atoms with E-state index in [1.165, 1.54) is 5.69 Å². The molecule has 1 aromatic carbocycles. The first-order valence-corrected chi connectivity index (χ1v) is 11.2. The van der Waals surface area contributed by atoms with Crippen molar-refractivity contribution in [3.8, 4) is 5.75 Å². The van der Waals surface area contributed by atoms with E-state index in [4.69, 9.17) is 9.15 Å². The Bertz CT molecular complexity index is 840. The number of piperazine rings is 1. The highest BCUT2D eigenvalue weighted by Gasteiger charge is 2.22. The number of hydrogen-bond acceptors (Lipinski definition) is 5. The van der Waals surface area contributed by atoms with Crippen molar-refractivity contribution in [3.05, 3.63) is 47.9 Å². The third-order valence-corrected chi connectivity index (χ3v) is 5.81. The molecule has 1 aromatic heterocycles. The average Bonchev–Trinajstić information content (AvgIpc) is 3.17. The molecule has 2 aliphatic heterocycles. The van der Waals surface area contributed by atoms with Crippen LogP contribution in [0.5, 0.6) is 5.75 Å². The lowest BCUT2D eigenvalue weighted by molar-refractivity contribution is -0.134. The summed E-state index contributed by atoms with van der Waals surface area (Å²) in [5.41, 5.74) is 1.18. The first kappa shape index (κ1) is 20.8. The third-order valence-electron chi connectivity index (χ3n) is 5.81. The second-order valence-corrected chi connectivity index (χ2v) is 8.54. The molecule has 4 rings (SSSR count). The molecule has 3 heterocycles. The highest BCUT2D eigenvalue weighted by molar-refractivity contribution is 5.76. The summed E-state index contributed by atoms with van der Waals surface area (Å²) in [4.78, 5) is 18.8. The molecule has 0 saturated carbocycles. The van der Waals surface area contributed by atoms with Gasteiger partial charge in [-0.15, -0.1) is 0 Å². The van der Waals surface area contributed by atoms with Gasteiger partial charge in [0, 0.05) is 39.1 Å². The van der Waals surface area contributed by atoms with E-state index in [1.807, 2.05) is 17.0 Å². The second-order valence-electron chi connectivity index (χ2n) is 8.54. The molecule has 0 atom stereocenters. The molecule has 0 unspecified atom stereocenters. The van der Waals surface area contributed by atoms with Crippen LogP contribution in [-0.4, -0.2) is 54.5 Å². The molecule has 2 aromatic rings. The SMILES string of the molecule is CC(C)Oc1ccccc1N1CCN(Cc2ccc(CN3CCCCC3=O)o2)CC1. The minimum absolute atomic E-state index is 0.167. The van der Waals surface area contributed by atoms with Crippen LogP contribution in [0.2, 0.25) is 0 Å². The maximum Gasteiger partial charge on any atom is 0.222 e. The lowest BCUT2D eigenvalue weighted by Crippen LogP contribution is -2.46. The Morgan fingerprint density at radius 1 is 0.933 bits per heavy atom. The molecule has 0 spiro atoms. The Hall–Kier alpha value is -2.47. The van der Waals surface area contributed by atoms with Crippen molar-refractivity contribution in [2.45, 2.75) is 52.3 Å². The Labute approximate surface area is 179 Å². The predicted octanol–water partition coefficient (Wildman–Crippen LogP) is 3.90. The van der Waals surface area contributed by atoms with Gasteiger partial charge in [-0.2, -0.15) is 0 Å². The molecule has 162 valence electrons. The van der Waals surface area contributed by atoms with Gasteiger partial charge in [0.15, 0.2) is 0 Å². The highest BCUT2D eigenvalue weighted by atomic mass is 16.5. The number of piperidine rings is 1. The molecule has 6 heteroatoms. The predicted molar refractivity (Wildman–Crippen MR) is 118 cm³/mol. The van der Waals surface area contributed by atoms with Crippen molar-refractivity contribution in [3.63, 3.8) is 0 Å². The first-order chi connectivity index (χ1) is 14.6. The van der Waals surface area contributed by atoms with Gasteiger partial charge < -0.3 is 19.0 Å². The van der Waals surface area contributed by atoms with E-state index in [0.29, 0.717) is 13.0 Å². The summed E-state index contributed by atoms with van der Waals surface area (Å²) in [6, 6.07) is 12.4. The summed E-state index contributed by atoms with van der Waals surface area (Å²) in [5, 5.41) is 0. The summed E-state index contributed by atoms with van der Waals surface area (Å²) in [7, 11) is 0. The molecular formula is C24H33N3O3. The lowest BCUT2D eigenvalue weighted by Gasteiger charge is -2.36. The standard InChI is InChI=1S/C24H33N3O3/c1-19(2)29-23-8-4-3-7-22(23)26-15-13-25(14-16-26)17-20-10-11-21(30-20)18-27-12-6-5-9-24(27)28/h3-4,7-8,10-11,19H,5-6,9,12-18H2,1-2H3. The van der Waals surface area contributed by atoms with Crippen LogP contribution in [0.25, 0.3) is 0 Å². The topological polar surface area (TPSA) is 49.2 Å². The van der Waals surface area contributed by atoms with E-state index in [9.17, 15) is 4.79 Å². The monoisotopic (exact) mass is 411 g/mol. The Balaban J connectivity index is 1.29. The van der Waals surface area contributed by atoms with Crippen LogP contribution in [0, 0.1) is 0 Å². The second kappa shape index (κ2) is 9.56. The molecule has 0 aliphatic carbocycles. The minimum atomic E-state index is 0.167. The number of furan rings is 1. The summed E-state index contributed by atoms with van der Waals surface area (Å²) in [6.07, 6.45) is 2.94. The number of carbonyl (C=O) groups excluding carboxylic acids is 1. The molecule has 0 N–H and O–H groups in total. The highest BCUT2D eigenvalue weighted by Crippen LogP contribution is 2.30. The number of carbonyl (C=O) groups is 1. The quantitative estimate of drug-likeness (QED) is 0.692. The van der Waals surface area contributed by atoms with Crippen LogP contribution in [0.15, 0.2) is 40.8 Å². The maximum atomic E-state index is 12.0. The molecule has 2 saturated heterocycles. The fraction of sp³-hybridized carbons (Fsp3) is 0.542. The van der Waals surface area contributed by atoms with Crippen molar-refractivity contribution >= 4 is 11.6 Å². The fourth-order valence-electron chi connectivity index (χ4n) is 4.25. The minimum Gasteiger partial charge on any atom is -0.489 e. The number of ether oxygens (including phenoxy) is 1. The van der Waals surface area contributed by atoms with Crippen molar-refractivity contribution in [1.29, 1.82) is 0 Å². The van der Waals surface area contributed by atoms with Crippen molar-refractivity contribution in [2.75, 3.05) is 37.6 Å². The van der Waals surface area contributed by atoms with Gasteiger partial charge in [-0.3, -0.25) is 9.69 Å². The molecule has 2 fully saturated rings. The zero-order chi connectivity index (χ0) is 20.9. The molecule has 6 nitrogen and oxygen atoms in total. The maximum absolute atomic E-state index is 12.0. The summed E-state index contributed by atoms with van der Waals surface area (Å²) >= 11 is 0. The van der Waals surface area contributed by atoms with E-state index in [0.717, 1.165) is 69.4 Å². The van der Waals surface area contributed by atoms with Gasteiger partial charge in [-0.05, 0) is 51.0 Å². The van der Waals surface area contributed by atoms with Gasteiger partial charge in [0.25, 0.3) is 0 Å². The van der Waals surface area contributed by atoms with E-state index in [-0.39, 0.29) is 12.0 Å². The number of para-hydroxylation sites is 2. The Morgan fingerprint density at radius 3 is 2.40 bits per heavy atom. The van der Waals surface area contributed by atoms with Crippen molar-refractivity contribution in [2.24, 2.45) is 0 Å². The van der Waals surface area contributed by atoms with Crippen LogP contribution in [0.3, 0.4) is 0 Å². The smallest absolute Gasteiger partial charge is 0.222 e. The van der Waals surface area contributed by atoms with Crippen molar-refractivity contribution in [1.82, 2.24) is 9.80 Å². The molecule has 0 bridgehead atoms. The number of likely N-dealkylation sites (tertiary alicyclic amines) is 1. The number of amides is 1. The van der Waals surface area contributed by atoms with Gasteiger partial charge in [0.05, 0.1) is 24.9 Å². The number of nitrogens with zero attached hydrogens (tertiary/aromatic N) is 3. The van der Waals surface area contributed by atoms with Gasteiger partial charge >= 0.3 is 0 Å². The summed E-state index contributed by atoms with van der Waals surface area (Å²) < 4.78 is 12.0. The molecule has 1 amide bonds. The molecule has 2 aliphatic rings. The van der Waals surface area contributed by atoms with Crippen LogP contribution < -0.4 is 9.64 Å². The fourth-order valence-corrected chi connectivity index (χ4v) is 4.25. The molecular weight excluding hydrogens is 378 g/mol. The average molecular weight is 412 g/mol. The van der Waals surface area contributed by atoms with E-state index in [2.05, 4.69) is 47.9 Å². The van der Waals surface area contributed by atoms with E-state index in [1.54, 1.807) is 0 Å². The van der Waals surface area contributed by atoms with Crippen molar-refractivity contribution < 1.29 is 13.9 Å². The van der Waals surface area contributed by atoms with Gasteiger partial charge in [-0.25, -0.2) is 0 Å². The number of anilines is 1. The number of rotatable bonds is 7. The summed E-state index contributed by atoms with van der Waals surface area (Å²) in [6.45, 7) is 10.3. The van der Waals surface area contributed by atoms with Gasteiger partial charge in [0.2, 0.25) is 5.91 Å². The molecule has 0 radical (unpaired) electrons. The molecule has 30 heavy (non-hydrogen) atoms. The number of benzene rings is 1. The Kier molecular flexibility index (Phi) is 6.62. The first-order valence-electron chi connectivity index (χ1n) is 11.2. The number of hydrogen-bond donors (Lipinski definition) is 0. The zero-order valence-corrected chi connectivity index (χ0v) is 18.2. The summed E-state index contributed by atoms with van der Waals surface area (Å²) in [5.74, 6) is 3.08. The normalized spacial score (nSPS) is 18.3. The zero-order valence-electron chi connectivity index (χ0n) is 18.2. The van der Waals surface area contributed by atoms with Crippen LogP contribution in [0.4, 0.5) is 5.69 Å². The van der Waals surface area contributed by atoms with E-state index >= 15 is 0 Å². The largest absolute Gasteiger partial charge is 0.489 e. The van der Waals surface area contributed by atoms with Crippen LogP contribution >= 0.6 is 0 Å². The van der Waals surface area contributed by atoms with Gasteiger partial charge in [0.1, 0.15) is 17.3 Å².